The number of unbranched alkanes of at least 4 members (excludes halogenated alkanes) is 2. The van der Waals surface area contributed by atoms with E-state index in [2.05, 4.69) is 9.71 Å². The lowest BCUT2D eigenvalue weighted by Gasteiger charge is -2.02. The van der Waals surface area contributed by atoms with Gasteiger partial charge in [0.05, 0.1) is 12.4 Å². The van der Waals surface area contributed by atoms with Gasteiger partial charge < -0.3 is 4.57 Å². The molecule has 0 saturated carbocycles. The van der Waals surface area contributed by atoms with E-state index in [1.807, 2.05) is 6.07 Å². The van der Waals surface area contributed by atoms with Crippen LogP contribution in [0.1, 0.15) is 19.3 Å². The minimum Gasteiger partial charge on any atom is -0.339 e. The van der Waals surface area contributed by atoms with Gasteiger partial charge in [0.25, 0.3) is 10.0 Å². The second-order valence-electron chi connectivity index (χ2n) is 3.39. The molecule has 0 atom stereocenters. The van der Waals surface area contributed by atoms with Crippen molar-refractivity contribution in [3.63, 3.8) is 0 Å². The highest BCUT2D eigenvalue weighted by Gasteiger charge is 2.15. The zero-order valence-corrected chi connectivity index (χ0v) is 9.87. The van der Waals surface area contributed by atoms with Crippen molar-refractivity contribution in [2.24, 2.45) is 7.05 Å². The number of nitrogens with one attached hydrogen (secondary N) is 1. The van der Waals surface area contributed by atoms with Crippen LogP contribution in [0.15, 0.2) is 17.6 Å². The van der Waals surface area contributed by atoms with Crippen LogP contribution in [-0.4, -0.2) is 24.5 Å². The minimum atomic E-state index is -3.49. The van der Waals surface area contributed by atoms with Gasteiger partial charge in [-0.15, -0.1) is 0 Å². The summed E-state index contributed by atoms with van der Waals surface area (Å²) < 4.78 is 27.3. The molecule has 16 heavy (non-hydrogen) atoms. The molecule has 0 bridgehead atoms. The molecule has 0 aliphatic carbocycles. The van der Waals surface area contributed by atoms with Crippen molar-refractivity contribution < 1.29 is 8.42 Å². The van der Waals surface area contributed by atoms with Crippen LogP contribution in [0.2, 0.25) is 0 Å². The molecular formula is C9H14N4O2S. The van der Waals surface area contributed by atoms with Crippen LogP contribution < -0.4 is 4.72 Å². The number of imidazole rings is 1. The van der Waals surface area contributed by atoms with Crippen molar-refractivity contribution in [1.29, 1.82) is 5.26 Å². The first-order chi connectivity index (χ1) is 7.56. The van der Waals surface area contributed by atoms with E-state index in [1.165, 1.54) is 12.5 Å². The number of hydrogen-bond donors (Lipinski definition) is 1. The summed E-state index contributed by atoms with van der Waals surface area (Å²) in [5.41, 5.74) is 0. The first-order valence-corrected chi connectivity index (χ1v) is 6.39. The Hall–Kier alpha value is -1.39. The Bertz CT molecular complexity index is 472. The maximum Gasteiger partial charge on any atom is 0.259 e. The van der Waals surface area contributed by atoms with Gasteiger partial charge in [0.2, 0.25) is 0 Å². The fourth-order valence-corrected chi connectivity index (χ4v) is 2.19. The molecule has 0 spiro atoms. The van der Waals surface area contributed by atoms with Crippen LogP contribution >= 0.6 is 0 Å². The largest absolute Gasteiger partial charge is 0.339 e. The van der Waals surface area contributed by atoms with Gasteiger partial charge in [0, 0.05) is 26.2 Å². The zero-order valence-electron chi connectivity index (χ0n) is 9.05. The molecule has 1 heterocycles. The Labute approximate surface area is 95.0 Å². The lowest BCUT2D eigenvalue weighted by Crippen LogP contribution is -2.25. The van der Waals surface area contributed by atoms with E-state index in [0.29, 0.717) is 25.8 Å². The van der Waals surface area contributed by atoms with Crippen LogP contribution in [0.3, 0.4) is 0 Å². The Morgan fingerprint density at radius 3 is 2.88 bits per heavy atom. The van der Waals surface area contributed by atoms with Crippen molar-refractivity contribution in [2.45, 2.75) is 24.3 Å². The van der Waals surface area contributed by atoms with E-state index in [1.54, 1.807) is 11.6 Å². The monoisotopic (exact) mass is 242 g/mol. The molecule has 0 unspecified atom stereocenters. The summed E-state index contributed by atoms with van der Waals surface area (Å²) in [4.78, 5) is 3.76. The Morgan fingerprint density at radius 2 is 2.31 bits per heavy atom. The zero-order chi connectivity index (χ0) is 12.0. The van der Waals surface area contributed by atoms with Crippen molar-refractivity contribution >= 4 is 10.0 Å². The molecule has 0 amide bonds. The molecule has 0 aliphatic heterocycles. The van der Waals surface area contributed by atoms with Gasteiger partial charge in [0.15, 0.2) is 5.03 Å². The van der Waals surface area contributed by atoms with E-state index in [4.69, 9.17) is 5.26 Å². The third-order valence-corrected chi connectivity index (χ3v) is 3.31. The van der Waals surface area contributed by atoms with E-state index < -0.39 is 10.0 Å². The van der Waals surface area contributed by atoms with Crippen molar-refractivity contribution in [1.82, 2.24) is 14.3 Å². The molecule has 0 aromatic carbocycles. The van der Waals surface area contributed by atoms with Crippen LogP contribution in [0.5, 0.6) is 0 Å². The fourth-order valence-electron chi connectivity index (χ4n) is 1.14. The molecule has 0 fully saturated rings. The summed E-state index contributed by atoms with van der Waals surface area (Å²) in [7, 11) is -1.78. The molecule has 88 valence electrons. The Morgan fingerprint density at radius 1 is 1.56 bits per heavy atom. The maximum absolute atomic E-state index is 11.6. The molecule has 0 aliphatic rings. The number of nitrogens with zero attached hydrogens (tertiary/aromatic N) is 3. The quantitative estimate of drug-likeness (QED) is 0.731. The third kappa shape index (κ3) is 3.64. The van der Waals surface area contributed by atoms with Crippen LogP contribution in [0.4, 0.5) is 0 Å². The fraction of sp³-hybridized carbons (Fsp3) is 0.556. The normalized spacial score (nSPS) is 11.2. The van der Waals surface area contributed by atoms with E-state index in [9.17, 15) is 8.42 Å². The van der Waals surface area contributed by atoms with Crippen molar-refractivity contribution in [3.8, 4) is 6.07 Å². The summed E-state index contributed by atoms with van der Waals surface area (Å²) in [6.45, 7) is 0.334. The van der Waals surface area contributed by atoms with Gasteiger partial charge in [-0.05, 0) is 12.8 Å². The maximum atomic E-state index is 11.6. The third-order valence-electron chi connectivity index (χ3n) is 1.96. The smallest absolute Gasteiger partial charge is 0.259 e. The molecule has 1 aromatic rings. The van der Waals surface area contributed by atoms with E-state index >= 15 is 0 Å². The summed E-state index contributed by atoms with van der Waals surface area (Å²) in [5, 5.41) is 8.33. The first kappa shape index (κ1) is 12.7. The number of rotatable bonds is 6. The van der Waals surface area contributed by atoms with E-state index in [-0.39, 0.29) is 5.03 Å². The highest BCUT2D eigenvalue weighted by molar-refractivity contribution is 7.89. The van der Waals surface area contributed by atoms with Gasteiger partial charge in [-0.2, -0.15) is 5.26 Å². The Kier molecular flexibility index (Phi) is 4.46. The molecule has 0 saturated heterocycles. The molecule has 0 radical (unpaired) electrons. The first-order valence-electron chi connectivity index (χ1n) is 4.91. The number of nitriles is 1. The van der Waals surface area contributed by atoms with Crippen molar-refractivity contribution in [2.75, 3.05) is 6.54 Å². The number of sulfonamides is 1. The lowest BCUT2D eigenvalue weighted by atomic mass is 10.2. The lowest BCUT2D eigenvalue weighted by molar-refractivity contribution is 0.574. The van der Waals surface area contributed by atoms with Crippen molar-refractivity contribution in [3.05, 3.63) is 12.5 Å². The van der Waals surface area contributed by atoms with Gasteiger partial charge in [-0.3, -0.25) is 0 Å². The van der Waals surface area contributed by atoms with Gasteiger partial charge in [-0.25, -0.2) is 18.1 Å². The van der Waals surface area contributed by atoms with Gasteiger partial charge in [0.1, 0.15) is 0 Å². The Balaban J connectivity index is 2.45. The molecule has 1 rings (SSSR count). The summed E-state index contributed by atoms with van der Waals surface area (Å²) in [6.07, 6.45) is 4.67. The number of hydrogen-bond acceptors (Lipinski definition) is 4. The highest BCUT2D eigenvalue weighted by Crippen LogP contribution is 2.04. The van der Waals surface area contributed by atoms with Crippen LogP contribution in [0.25, 0.3) is 0 Å². The predicted molar refractivity (Wildman–Crippen MR) is 57.9 cm³/mol. The SMILES string of the molecule is Cn1cnc(S(=O)(=O)NCCCCC#N)c1. The summed E-state index contributed by atoms with van der Waals surface area (Å²) in [5.74, 6) is 0. The van der Waals surface area contributed by atoms with E-state index in [0.717, 1.165) is 0 Å². The molecule has 1 N–H and O–H groups in total. The van der Waals surface area contributed by atoms with Crippen LogP contribution in [-0.2, 0) is 17.1 Å². The minimum absolute atomic E-state index is 0.0234. The standard InChI is InChI=1S/C9H14N4O2S/c1-13-7-9(11-8-13)16(14,15)12-6-4-2-3-5-10/h7-8,12H,2-4,6H2,1H3. The molecular weight excluding hydrogens is 228 g/mol. The van der Waals surface area contributed by atoms with Crippen LogP contribution in [0, 0.1) is 11.3 Å². The molecule has 1 aromatic heterocycles. The summed E-state index contributed by atoms with van der Waals surface area (Å²) in [6, 6.07) is 2.01. The second kappa shape index (κ2) is 5.63. The number of aromatic nitrogens is 2. The molecule has 7 heteroatoms. The topological polar surface area (TPSA) is 87.8 Å². The average molecular weight is 242 g/mol. The average Bonchev–Trinajstić information content (AvgIpc) is 2.65. The number of aryl methyl sites for hydroxylation is 1. The summed E-state index contributed by atoms with van der Waals surface area (Å²) >= 11 is 0. The second-order valence-corrected chi connectivity index (χ2v) is 5.10. The highest BCUT2D eigenvalue weighted by atomic mass is 32.2. The van der Waals surface area contributed by atoms with Gasteiger partial charge >= 0.3 is 0 Å². The molecule has 6 nitrogen and oxygen atoms in total. The predicted octanol–water partition coefficient (Wildman–Crippen LogP) is 0.392. The van der Waals surface area contributed by atoms with Gasteiger partial charge in [-0.1, -0.05) is 0 Å².